The molecule has 2 aliphatic rings. The lowest BCUT2D eigenvalue weighted by Gasteiger charge is -2.36. The van der Waals surface area contributed by atoms with Crippen molar-refractivity contribution in [3.05, 3.63) is 16.3 Å². The van der Waals surface area contributed by atoms with E-state index >= 15 is 0 Å². The van der Waals surface area contributed by atoms with Crippen LogP contribution in [0.25, 0.3) is 0 Å². The van der Waals surface area contributed by atoms with Crippen LogP contribution in [0.5, 0.6) is 0 Å². The highest BCUT2D eigenvalue weighted by molar-refractivity contribution is 7.89. The number of hydrogen-bond acceptors (Lipinski definition) is 5. The lowest BCUT2D eigenvalue weighted by molar-refractivity contribution is -0.0241. The minimum absolute atomic E-state index is 0.00396. The standard InChI is InChI=1S/C12H18N2O3S2/c13-8-11-12(4-7-18-11)19(15,16)14-5-6-17-10-3-1-2-9(10)14/h4,7,9-10H,1-3,5-6,8,13H2. The van der Waals surface area contributed by atoms with Crippen molar-refractivity contribution < 1.29 is 13.2 Å². The van der Waals surface area contributed by atoms with Crippen LogP contribution >= 0.6 is 11.3 Å². The Morgan fingerprint density at radius 1 is 1.47 bits per heavy atom. The van der Waals surface area contributed by atoms with Crippen molar-refractivity contribution in [2.75, 3.05) is 13.2 Å². The van der Waals surface area contributed by atoms with Crippen LogP contribution in [0.15, 0.2) is 16.3 Å². The monoisotopic (exact) mass is 302 g/mol. The fourth-order valence-corrected chi connectivity index (χ4v) is 5.99. The summed E-state index contributed by atoms with van der Waals surface area (Å²) in [7, 11) is -3.43. The van der Waals surface area contributed by atoms with Crippen molar-refractivity contribution in [3.8, 4) is 0 Å². The van der Waals surface area contributed by atoms with Crippen LogP contribution in [0.4, 0.5) is 0 Å². The summed E-state index contributed by atoms with van der Waals surface area (Å²) in [6.07, 6.45) is 2.97. The summed E-state index contributed by atoms with van der Waals surface area (Å²) in [6, 6.07) is 1.67. The van der Waals surface area contributed by atoms with Crippen molar-refractivity contribution >= 4 is 21.4 Å². The highest BCUT2D eigenvalue weighted by Crippen LogP contribution is 2.35. The molecule has 1 saturated heterocycles. The SMILES string of the molecule is NCc1sccc1S(=O)(=O)N1CCOC2CCCC21. The third kappa shape index (κ3) is 2.23. The lowest BCUT2D eigenvalue weighted by Crippen LogP contribution is -2.51. The molecule has 1 aromatic rings. The van der Waals surface area contributed by atoms with Gasteiger partial charge in [-0.3, -0.25) is 0 Å². The molecule has 1 saturated carbocycles. The molecule has 106 valence electrons. The van der Waals surface area contributed by atoms with Gasteiger partial charge in [0.15, 0.2) is 0 Å². The summed E-state index contributed by atoms with van der Waals surface area (Å²) in [5.41, 5.74) is 5.63. The quantitative estimate of drug-likeness (QED) is 0.909. The second-order valence-electron chi connectivity index (χ2n) is 4.94. The molecular weight excluding hydrogens is 284 g/mol. The zero-order valence-corrected chi connectivity index (χ0v) is 12.3. The number of nitrogens with zero attached hydrogens (tertiary/aromatic N) is 1. The maximum atomic E-state index is 12.8. The summed E-state index contributed by atoms with van der Waals surface area (Å²) in [5, 5.41) is 1.79. The molecule has 2 fully saturated rings. The highest BCUT2D eigenvalue weighted by Gasteiger charge is 2.42. The number of ether oxygens (including phenoxy) is 1. The second-order valence-corrected chi connectivity index (χ2v) is 7.80. The fourth-order valence-electron chi connectivity index (χ4n) is 3.02. The molecule has 1 aliphatic heterocycles. The smallest absolute Gasteiger partial charge is 0.244 e. The van der Waals surface area contributed by atoms with Gasteiger partial charge >= 0.3 is 0 Å². The molecule has 2 heterocycles. The zero-order valence-electron chi connectivity index (χ0n) is 10.6. The van der Waals surface area contributed by atoms with Gasteiger partial charge in [0.2, 0.25) is 10.0 Å². The van der Waals surface area contributed by atoms with Crippen molar-refractivity contribution in [2.45, 2.75) is 42.8 Å². The van der Waals surface area contributed by atoms with E-state index in [0.717, 1.165) is 24.1 Å². The molecule has 0 radical (unpaired) electrons. The number of sulfonamides is 1. The highest BCUT2D eigenvalue weighted by atomic mass is 32.2. The van der Waals surface area contributed by atoms with Gasteiger partial charge in [-0.15, -0.1) is 11.3 Å². The van der Waals surface area contributed by atoms with E-state index in [2.05, 4.69) is 0 Å². The maximum absolute atomic E-state index is 12.8. The van der Waals surface area contributed by atoms with E-state index < -0.39 is 10.0 Å². The third-order valence-corrected chi connectivity index (χ3v) is 6.99. The van der Waals surface area contributed by atoms with Gasteiger partial charge in [0.05, 0.1) is 23.6 Å². The van der Waals surface area contributed by atoms with E-state index in [1.54, 1.807) is 15.8 Å². The van der Waals surface area contributed by atoms with Crippen LogP contribution in [0, 0.1) is 0 Å². The number of hydrogen-bond donors (Lipinski definition) is 1. The predicted molar refractivity (Wildman–Crippen MR) is 73.5 cm³/mol. The maximum Gasteiger partial charge on any atom is 0.244 e. The van der Waals surface area contributed by atoms with E-state index in [-0.39, 0.29) is 18.7 Å². The van der Waals surface area contributed by atoms with Crippen LogP contribution in [0.3, 0.4) is 0 Å². The predicted octanol–water partition coefficient (Wildman–Crippen LogP) is 1.15. The normalized spacial score (nSPS) is 28.5. The number of nitrogens with two attached hydrogens (primary N) is 1. The molecule has 2 unspecified atom stereocenters. The van der Waals surface area contributed by atoms with Crippen LogP contribution in [0.1, 0.15) is 24.1 Å². The van der Waals surface area contributed by atoms with E-state index in [4.69, 9.17) is 10.5 Å². The Hall–Kier alpha value is -0.470. The molecule has 0 spiro atoms. The summed E-state index contributed by atoms with van der Waals surface area (Å²) in [4.78, 5) is 1.12. The Bertz CT molecular complexity index is 555. The molecule has 1 aliphatic carbocycles. The molecule has 2 atom stereocenters. The van der Waals surface area contributed by atoms with Crippen LogP contribution < -0.4 is 5.73 Å². The Labute approximate surface area is 117 Å². The Morgan fingerprint density at radius 3 is 3.11 bits per heavy atom. The average molecular weight is 302 g/mol. The zero-order chi connectivity index (χ0) is 13.5. The molecule has 19 heavy (non-hydrogen) atoms. The molecule has 7 heteroatoms. The van der Waals surface area contributed by atoms with E-state index in [9.17, 15) is 8.42 Å². The van der Waals surface area contributed by atoms with Crippen LogP contribution in [-0.2, 0) is 21.3 Å². The largest absolute Gasteiger partial charge is 0.375 e. The van der Waals surface area contributed by atoms with E-state index in [0.29, 0.717) is 18.0 Å². The van der Waals surface area contributed by atoms with E-state index in [1.165, 1.54) is 11.3 Å². The number of fused-ring (bicyclic) bond motifs is 1. The molecular formula is C12H18N2O3S2. The first-order valence-electron chi connectivity index (χ1n) is 6.54. The first-order valence-corrected chi connectivity index (χ1v) is 8.86. The molecule has 2 N–H and O–H groups in total. The fraction of sp³-hybridized carbons (Fsp3) is 0.667. The van der Waals surface area contributed by atoms with Gasteiger partial charge < -0.3 is 10.5 Å². The van der Waals surface area contributed by atoms with Gasteiger partial charge in [-0.1, -0.05) is 0 Å². The number of morpholine rings is 1. The van der Waals surface area contributed by atoms with Crippen LogP contribution in [-0.4, -0.2) is 38.0 Å². The van der Waals surface area contributed by atoms with Gasteiger partial charge in [-0.05, 0) is 30.7 Å². The van der Waals surface area contributed by atoms with Gasteiger partial charge in [0, 0.05) is 18.0 Å². The molecule has 5 nitrogen and oxygen atoms in total. The minimum atomic E-state index is -3.43. The minimum Gasteiger partial charge on any atom is -0.375 e. The summed E-state index contributed by atoms with van der Waals surface area (Å²) >= 11 is 1.40. The third-order valence-electron chi connectivity index (χ3n) is 3.91. The van der Waals surface area contributed by atoms with Gasteiger partial charge in [-0.2, -0.15) is 4.31 Å². The topological polar surface area (TPSA) is 72.6 Å². The van der Waals surface area contributed by atoms with Gasteiger partial charge in [0.1, 0.15) is 0 Å². The molecule has 0 amide bonds. The Morgan fingerprint density at radius 2 is 2.32 bits per heavy atom. The van der Waals surface area contributed by atoms with Crippen molar-refractivity contribution in [1.29, 1.82) is 0 Å². The van der Waals surface area contributed by atoms with Crippen molar-refractivity contribution in [1.82, 2.24) is 4.31 Å². The Balaban J connectivity index is 1.95. The summed E-state index contributed by atoms with van der Waals surface area (Å²) in [5.74, 6) is 0. The molecule has 0 aromatic carbocycles. The first kappa shape index (κ1) is 13.5. The molecule has 3 rings (SSSR count). The van der Waals surface area contributed by atoms with Crippen molar-refractivity contribution in [3.63, 3.8) is 0 Å². The molecule has 1 aromatic heterocycles. The summed E-state index contributed by atoms with van der Waals surface area (Å²) < 4.78 is 32.9. The second kappa shape index (κ2) is 5.14. The van der Waals surface area contributed by atoms with Crippen molar-refractivity contribution in [2.24, 2.45) is 5.73 Å². The Kier molecular flexibility index (Phi) is 3.65. The van der Waals surface area contributed by atoms with Gasteiger partial charge in [-0.25, -0.2) is 8.42 Å². The van der Waals surface area contributed by atoms with Crippen LogP contribution in [0.2, 0.25) is 0 Å². The van der Waals surface area contributed by atoms with E-state index in [1.807, 2.05) is 0 Å². The average Bonchev–Trinajstić information content (AvgIpc) is 3.06. The number of rotatable bonds is 3. The first-order chi connectivity index (χ1) is 9.14. The molecule has 0 bridgehead atoms. The number of thiophene rings is 1. The lowest BCUT2D eigenvalue weighted by atomic mass is 10.2. The van der Waals surface area contributed by atoms with Gasteiger partial charge in [0.25, 0.3) is 0 Å². The summed E-state index contributed by atoms with van der Waals surface area (Å²) in [6.45, 7) is 1.20.